The number of hydrogen-bond donors (Lipinski definition) is 0. The van der Waals surface area contributed by atoms with Gasteiger partial charge in [0.25, 0.3) is 0 Å². The van der Waals surface area contributed by atoms with Crippen molar-refractivity contribution in [2.45, 2.75) is 32.2 Å². The van der Waals surface area contributed by atoms with Crippen LogP contribution in [0.25, 0.3) is 0 Å². The van der Waals surface area contributed by atoms with Gasteiger partial charge in [0.2, 0.25) is 0 Å². The molecule has 0 amide bonds. The normalized spacial score (nSPS) is 27.5. The molecular weight excluding hydrogens is 124 g/mol. The molecular formula is C8H14N2. The lowest BCUT2D eigenvalue weighted by Gasteiger charge is -2.21. The zero-order chi connectivity index (χ0) is 6.97. The predicted octanol–water partition coefficient (Wildman–Crippen LogP) is 1.48. The van der Waals surface area contributed by atoms with Gasteiger partial charge in [0, 0.05) is 25.2 Å². The first-order valence-electron chi connectivity index (χ1n) is 4.17. The van der Waals surface area contributed by atoms with Gasteiger partial charge in [-0.15, -0.1) is 0 Å². The zero-order valence-electron chi connectivity index (χ0n) is 6.45. The lowest BCUT2D eigenvalue weighted by Crippen LogP contribution is -2.27. The standard InChI is InChI=1S/C8H14N2/c1-7(8-3-4-8)10-6-2-5-9-10/h5,7-8H,2-4,6H2,1H3. The van der Waals surface area contributed by atoms with Crippen molar-refractivity contribution in [2.24, 2.45) is 11.0 Å². The summed E-state index contributed by atoms with van der Waals surface area (Å²) in [6.07, 6.45) is 6.02. The molecule has 0 N–H and O–H groups in total. The highest BCUT2D eigenvalue weighted by atomic mass is 15.5. The number of nitrogens with zero attached hydrogens (tertiary/aromatic N) is 2. The fourth-order valence-corrected chi connectivity index (χ4v) is 1.54. The van der Waals surface area contributed by atoms with Crippen LogP contribution in [0, 0.1) is 5.92 Å². The third-order valence-electron chi connectivity index (χ3n) is 2.49. The molecule has 0 saturated heterocycles. The van der Waals surface area contributed by atoms with Crippen molar-refractivity contribution in [1.82, 2.24) is 5.01 Å². The minimum Gasteiger partial charge on any atom is -0.294 e. The highest BCUT2D eigenvalue weighted by Gasteiger charge is 2.32. The minimum atomic E-state index is 0.707. The molecule has 2 nitrogen and oxygen atoms in total. The Labute approximate surface area is 61.9 Å². The largest absolute Gasteiger partial charge is 0.294 e. The van der Waals surface area contributed by atoms with Crippen LogP contribution in [0.15, 0.2) is 5.10 Å². The topological polar surface area (TPSA) is 15.6 Å². The molecule has 1 heterocycles. The summed E-state index contributed by atoms with van der Waals surface area (Å²) in [5.74, 6) is 0.954. The second kappa shape index (κ2) is 2.26. The van der Waals surface area contributed by atoms with Gasteiger partial charge in [-0.05, 0) is 25.7 Å². The summed E-state index contributed by atoms with van der Waals surface area (Å²) in [5.41, 5.74) is 0. The van der Waals surface area contributed by atoms with Gasteiger partial charge in [0.1, 0.15) is 0 Å². The van der Waals surface area contributed by atoms with Gasteiger partial charge < -0.3 is 0 Å². The predicted molar refractivity (Wildman–Crippen MR) is 42.0 cm³/mol. The third kappa shape index (κ3) is 1.02. The molecule has 2 rings (SSSR count). The molecule has 0 aromatic carbocycles. The van der Waals surface area contributed by atoms with E-state index in [0.29, 0.717) is 6.04 Å². The van der Waals surface area contributed by atoms with E-state index < -0.39 is 0 Å². The summed E-state index contributed by atoms with van der Waals surface area (Å²) < 4.78 is 0. The lowest BCUT2D eigenvalue weighted by molar-refractivity contribution is 0.219. The second-order valence-corrected chi connectivity index (χ2v) is 3.33. The first kappa shape index (κ1) is 6.20. The molecule has 0 spiro atoms. The third-order valence-corrected chi connectivity index (χ3v) is 2.49. The maximum absolute atomic E-state index is 4.31. The van der Waals surface area contributed by atoms with Crippen LogP contribution in [0.3, 0.4) is 0 Å². The summed E-state index contributed by atoms with van der Waals surface area (Å²) in [5, 5.41) is 6.54. The second-order valence-electron chi connectivity index (χ2n) is 3.33. The average Bonchev–Trinajstić information content (AvgIpc) is 2.65. The van der Waals surface area contributed by atoms with Gasteiger partial charge >= 0.3 is 0 Å². The molecule has 1 aliphatic carbocycles. The fraction of sp³-hybridized carbons (Fsp3) is 0.875. The van der Waals surface area contributed by atoms with Gasteiger partial charge in [-0.2, -0.15) is 5.10 Å². The molecule has 1 atom stereocenters. The molecule has 56 valence electrons. The van der Waals surface area contributed by atoms with E-state index >= 15 is 0 Å². The van der Waals surface area contributed by atoms with E-state index in [9.17, 15) is 0 Å². The number of hydrazone groups is 1. The Kier molecular flexibility index (Phi) is 1.40. The van der Waals surface area contributed by atoms with Crippen LogP contribution >= 0.6 is 0 Å². The van der Waals surface area contributed by atoms with Gasteiger partial charge in [-0.25, -0.2) is 0 Å². The Morgan fingerprint density at radius 3 is 2.90 bits per heavy atom. The molecule has 2 aliphatic rings. The van der Waals surface area contributed by atoms with Gasteiger partial charge in [0.05, 0.1) is 0 Å². The molecule has 2 heteroatoms. The van der Waals surface area contributed by atoms with E-state index in [0.717, 1.165) is 18.9 Å². The Bertz CT molecular complexity index is 149. The molecule has 1 aliphatic heterocycles. The monoisotopic (exact) mass is 138 g/mol. The van der Waals surface area contributed by atoms with Crippen molar-refractivity contribution in [3.8, 4) is 0 Å². The van der Waals surface area contributed by atoms with Crippen LogP contribution in [0.1, 0.15) is 26.2 Å². The van der Waals surface area contributed by atoms with Crippen molar-refractivity contribution < 1.29 is 0 Å². The smallest absolute Gasteiger partial charge is 0.0470 e. The van der Waals surface area contributed by atoms with Crippen LogP contribution in [0.5, 0.6) is 0 Å². The Morgan fingerprint density at radius 2 is 2.40 bits per heavy atom. The van der Waals surface area contributed by atoms with Crippen LogP contribution in [-0.4, -0.2) is 23.8 Å². The van der Waals surface area contributed by atoms with Gasteiger partial charge in [-0.1, -0.05) is 0 Å². The molecule has 10 heavy (non-hydrogen) atoms. The van der Waals surface area contributed by atoms with E-state index in [4.69, 9.17) is 0 Å². The maximum Gasteiger partial charge on any atom is 0.0470 e. The van der Waals surface area contributed by atoms with E-state index in [1.807, 2.05) is 6.21 Å². The summed E-state index contributed by atoms with van der Waals surface area (Å²) in [7, 11) is 0. The summed E-state index contributed by atoms with van der Waals surface area (Å²) in [6, 6.07) is 0.707. The van der Waals surface area contributed by atoms with Gasteiger partial charge in [-0.3, -0.25) is 5.01 Å². The summed E-state index contributed by atoms with van der Waals surface area (Å²) in [6.45, 7) is 3.44. The molecule has 1 fully saturated rings. The number of hydrogen-bond acceptors (Lipinski definition) is 2. The van der Waals surface area contributed by atoms with Crippen LogP contribution < -0.4 is 0 Å². The van der Waals surface area contributed by atoms with Crippen molar-refractivity contribution >= 4 is 6.21 Å². The number of rotatable bonds is 2. The van der Waals surface area contributed by atoms with E-state index in [2.05, 4.69) is 17.0 Å². The lowest BCUT2D eigenvalue weighted by atomic mass is 10.2. The Morgan fingerprint density at radius 1 is 1.60 bits per heavy atom. The molecule has 1 saturated carbocycles. The quantitative estimate of drug-likeness (QED) is 0.564. The first-order chi connectivity index (χ1) is 4.88. The van der Waals surface area contributed by atoms with Crippen molar-refractivity contribution in [1.29, 1.82) is 0 Å². The van der Waals surface area contributed by atoms with Crippen molar-refractivity contribution in [3.05, 3.63) is 0 Å². The highest BCUT2D eigenvalue weighted by Crippen LogP contribution is 2.35. The van der Waals surface area contributed by atoms with E-state index in [1.165, 1.54) is 12.8 Å². The summed E-state index contributed by atoms with van der Waals surface area (Å²) in [4.78, 5) is 0. The fourth-order valence-electron chi connectivity index (χ4n) is 1.54. The molecule has 0 radical (unpaired) electrons. The van der Waals surface area contributed by atoms with Crippen LogP contribution in [0.4, 0.5) is 0 Å². The molecule has 0 aromatic heterocycles. The highest BCUT2D eigenvalue weighted by molar-refractivity contribution is 5.58. The first-order valence-corrected chi connectivity index (χ1v) is 4.17. The minimum absolute atomic E-state index is 0.707. The zero-order valence-corrected chi connectivity index (χ0v) is 6.45. The maximum atomic E-state index is 4.31. The van der Waals surface area contributed by atoms with E-state index in [1.54, 1.807) is 0 Å². The Hall–Kier alpha value is -0.530. The molecule has 0 bridgehead atoms. The summed E-state index contributed by atoms with van der Waals surface area (Å²) >= 11 is 0. The Balaban J connectivity index is 1.90. The average molecular weight is 138 g/mol. The van der Waals surface area contributed by atoms with Crippen molar-refractivity contribution in [2.75, 3.05) is 6.54 Å². The van der Waals surface area contributed by atoms with E-state index in [-0.39, 0.29) is 0 Å². The SMILES string of the molecule is CC(C1CC1)N1CCC=N1. The molecule has 0 aromatic rings. The van der Waals surface area contributed by atoms with Crippen LogP contribution in [0.2, 0.25) is 0 Å². The van der Waals surface area contributed by atoms with Gasteiger partial charge in [0.15, 0.2) is 0 Å². The molecule has 1 unspecified atom stereocenters. The van der Waals surface area contributed by atoms with Crippen molar-refractivity contribution in [3.63, 3.8) is 0 Å². The van der Waals surface area contributed by atoms with Crippen LogP contribution in [-0.2, 0) is 0 Å².